The van der Waals surface area contributed by atoms with Gasteiger partial charge >= 0.3 is 0 Å². The number of nitrogens with zero attached hydrogens (tertiary/aromatic N) is 2. The molecule has 0 spiro atoms. The number of aliphatic hydroxyl groups excluding tert-OH is 3. The number of nitrogens with two attached hydrogens (primary N) is 1. The number of aromatic nitrogens is 1. The molecular weight excluding hydrogens is 342 g/mol. The van der Waals surface area contributed by atoms with Crippen LogP contribution in [0.25, 0.3) is 0 Å². The zero-order valence-electron chi connectivity index (χ0n) is 14.5. The first-order valence-corrected chi connectivity index (χ1v) is 8.03. The molecule has 10 heteroatoms. The van der Waals surface area contributed by atoms with E-state index in [-0.39, 0.29) is 24.1 Å². The van der Waals surface area contributed by atoms with Gasteiger partial charge in [0.05, 0.1) is 18.0 Å². The van der Waals surface area contributed by atoms with Gasteiger partial charge in [-0.2, -0.15) is 5.26 Å². The van der Waals surface area contributed by atoms with Crippen LogP contribution >= 0.6 is 0 Å². The quantitative estimate of drug-likeness (QED) is 0.207. The first-order chi connectivity index (χ1) is 12.3. The summed E-state index contributed by atoms with van der Waals surface area (Å²) >= 11 is 0. The highest BCUT2D eigenvalue weighted by atomic mass is 16.6. The molecule has 2 heterocycles. The molecule has 142 valence electrons. The number of rotatable bonds is 7. The summed E-state index contributed by atoms with van der Waals surface area (Å²) in [7, 11) is 0. The maximum atomic E-state index is 10.4. The lowest BCUT2D eigenvalue weighted by molar-refractivity contribution is -0.162. The van der Waals surface area contributed by atoms with Crippen molar-refractivity contribution in [3.05, 3.63) is 23.5 Å². The highest BCUT2D eigenvalue weighted by molar-refractivity contribution is 5.99. The maximum Gasteiger partial charge on any atom is 0.223 e. The predicted octanol–water partition coefficient (Wildman–Crippen LogP) is -0.842. The van der Waals surface area contributed by atoms with Crippen molar-refractivity contribution in [1.29, 1.82) is 10.7 Å². The molecule has 10 nitrogen and oxygen atoms in total. The minimum atomic E-state index is -1.86. The monoisotopic (exact) mass is 365 g/mol. The third kappa shape index (κ3) is 3.62. The van der Waals surface area contributed by atoms with Crippen molar-refractivity contribution in [3.63, 3.8) is 0 Å². The van der Waals surface area contributed by atoms with Crippen LogP contribution < -0.4 is 5.73 Å². The molecule has 2 rings (SSSR count). The van der Waals surface area contributed by atoms with Crippen molar-refractivity contribution >= 4 is 12.2 Å². The highest BCUT2D eigenvalue weighted by Crippen LogP contribution is 2.39. The number of H-pyrrole nitrogens is 1. The Morgan fingerprint density at radius 1 is 1.58 bits per heavy atom. The summed E-state index contributed by atoms with van der Waals surface area (Å²) in [6.07, 6.45) is -4.25. The van der Waals surface area contributed by atoms with E-state index in [1.165, 1.54) is 12.1 Å². The average molecular weight is 365 g/mol. The van der Waals surface area contributed by atoms with Crippen LogP contribution in [0.4, 0.5) is 0 Å². The van der Waals surface area contributed by atoms with Crippen molar-refractivity contribution in [1.82, 2.24) is 4.98 Å². The minimum Gasteiger partial charge on any atom is -0.387 e. The number of ether oxygens (including phenoxy) is 2. The van der Waals surface area contributed by atoms with Gasteiger partial charge in [-0.25, -0.2) is 4.99 Å². The molecule has 1 aromatic heterocycles. The largest absolute Gasteiger partial charge is 0.387 e. The fraction of sp³-hybridized carbons (Fsp3) is 0.562. The smallest absolute Gasteiger partial charge is 0.223 e. The van der Waals surface area contributed by atoms with Gasteiger partial charge in [0, 0.05) is 5.92 Å². The van der Waals surface area contributed by atoms with Gasteiger partial charge in [-0.3, -0.25) is 5.41 Å². The molecular formula is C16H23N5O5. The first kappa shape index (κ1) is 20.0. The molecule has 1 saturated heterocycles. The summed E-state index contributed by atoms with van der Waals surface area (Å²) in [4.78, 5) is 6.44. The SMILES string of the molecule is CC(C)C(O)OCC1O[C@@](C#N)(c2ccc(/C(N)=N\C=N)[nH]2)[C@H](O)[C@@H]1O. The number of aliphatic hydroxyl groups is 3. The van der Waals surface area contributed by atoms with E-state index in [1.54, 1.807) is 13.8 Å². The summed E-state index contributed by atoms with van der Waals surface area (Å²) in [6, 6.07) is 4.89. The van der Waals surface area contributed by atoms with E-state index in [0.717, 1.165) is 6.34 Å². The van der Waals surface area contributed by atoms with Crippen molar-refractivity contribution in [3.8, 4) is 6.07 Å². The van der Waals surface area contributed by atoms with Crippen LogP contribution in [0.3, 0.4) is 0 Å². The van der Waals surface area contributed by atoms with E-state index in [0.29, 0.717) is 5.69 Å². The van der Waals surface area contributed by atoms with Gasteiger partial charge in [0.1, 0.15) is 36.6 Å². The lowest BCUT2D eigenvalue weighted by Gasteiger charge is -2.23. The minimum absolute atomic E-state index is 0.0207. The van der Waals surface area contributed by atoms with Crippen LogP contribution in [0, 0.1) is 22.7 Å². The van der Waals surface area contributed by atoms with E-state index in [2.05, 4.69) is 9.98 Å². The van der Waals surface area contributed by atoms with Gasteiger partial charge in [0.2, 0.25) is 5.60 Å². The number of aliphatic imine (C=N–C) groups is 1. The van der Waals surface area contributed by atoms with Crippen LogP contribution in [0.15, 0.2) is 17.1 Å². The summed E-state index contributed by atoms with van der Waals surface area (Å²) in [5.41, 5.74) is 4.33. The third-order valence-electron chi connectivity index (χ3n) is 4.19. The molecule has 0 aliphatic carbocycles. The fourth-order valence-electron chi connectivity index (χ4n) is 2.62. The van der Waals surface area contributed by atoms with E-state index < -0.39 is 30.2 Å². The Bertz CT molecular complexity index is 712. The van der Waals surface area contributed by atoms with Gasteiger partial charge in [-0.15, -0.1) is 0 Å². The summed E-state index contributed by atoms with van der Waals surface area (Å²) in [6.45, 7) is 3.31. The molecule has 7 N–H and O–H groups in total. The Balaban J connectivity index is 2.24. The molecule has 1 fully saturated rings. The molecule has 2 unspecified atom stereocenters. The van der Waals surface area contributed by atoms with E-state index >= 15 is 0 Å². The average Bonchev–Trinajstić information content (AvgIpc) is 3.19. The third-order valence-corrected chi connectivity index (χ3v) is 4.19. The zero-order chi connectivity index (χ0) is 19.5. The Morgan fingerprint density at radius 3 is 2.85 bits per heavy atom. The second-order valence-corrected chi connectivity index (χ2v) is 6.34. The fourth-order valence-corrected chi connectivity index (χ4v) is 2.62. The Kier molecular flexibility index (Phi) is 6.12. The maximum absolute atomic E-state index is 10.4. The van der Waals surface area contributed by atoms with E-state index in [4.69, 9.17) is 20.6 Å². The van der Waals surface area contributed by atoms with Gasteiger partial charge in [-0.05, 0) is 12.1 Å². The van der Waals surface area contributed by atoms with Crippen LogP contribution in [-0.4, -0.2) is 63.7 Å². The summed E-state index contributed by atoms with van der Waals surface area (Å²) in [5.74, 6) is -0.145. The lowest BCUT2D eigenvalue weighted by atomic mass is 9.93. The predicted molar refractivity (Wildman–Crippen MR) is 91.3 cm³/mol. The Morgan fingerprint density at radius 2 is 2.27 bits per heavy atom. The number of amidine groups is 1. The van der Waals surface area contributed by atoms with Gasteiger partial charge in [0.25, 0.3) is 0 Å². The molecule has 0 amide bonds. The Hall–Kier alpha value is -2.29. The Labute approximate surface area is 150 Å². The summed E-state index contributed by atoms with van der Waals surface area (Å²) < 4.78 is 10.9. The molecule has 0 bridgehead atoms. The molecule has 1 aromatic rings. The second kappa shape index (κ2) is 7.94. The van der Waals surface area contributed by atoms with Gasteiger partial charge in [-0.1, -0.05) is 13.8 Å². The number of nitrogens with one attached hydrogen (secondary N) is 2. The number of hydrogen-bond donors (Lipinski definition) is 6. The number of aromatic amines is 1. The van der Waals surface area contributed by atoms with Crippen LogP contribution in [0.2, 0.25) is 0 Å². The van der Waals surface area contributed by atoms with E-state index in [9.17, 15) is 20.6 Å². The normalized spacial score (nSPS) is 30.3. The van der Waals surface area contributed by atoms with Crippen LogP contribution in [-0.2, 0) is 15.1 Å². The molecule has 0 radical (unpaired) electrons. The van der Waals surface area contributed by atoms with Crippen molar-refractivity contribution in [2.45, 2.75) is 44.1 Å². The molecule has 0 aromatic carbocycles. The topological polar surface area (TPSA) is 181 Å². The number of nitriles is 1. The zero-order valence-corrected chi connectivity index (χ0v) is 14.5. The van der Waals surface area contributed by atoms with Crippen molar-refractivity contribution in [2.75, 3.05) is 6.61 Å². The molecule has 5 atom stereocenters. The van der Waals surface area contributed by atoms with E-state index in [1.807, 2.05) is 6.07 Å². The van der Waals surface area contributed by atoms with Crippen LogP contribution in [0.5, 0.6) is 0 Å². The van der Waals surface area contributed by atoms with Gasteiger partial charge in [0.15, 0.2) is 6.29 Å². The molecule has 1 aliphatic heterocycles. The molecule has 0 saturated carbocycles. The molecule has 1 aliphatic rings. The summed E-state index contributed by atoms with van der Waals surface area (Å²) in [5, 5.41) is 47.0. The first-order valence-electron chi connectivity index (χ1n) is 8.03. The van der Waals surface area contributed by atoms with Crippen molar-refractivity contribution < 1.29 is 24.8 Å². The standard InChI is InChI=1S/C16H23N5O5/c1-8(2)15(24)25-5-10-12(22)13(23)16(6-17,26-10)11-4-3-9(21-11)14(19)20-7-18/h3-4,7-8,10,12-13,15,21-24H,5H2,1-2H3,(H3,18,19,20)/t10?,12-,13-,15?,16+/m1/s1. The second-order valence-electron chi connectivity index (χ2n) is 6.34. The number of hydrogen-bond acceptors (Lipinski definition) is 7. The van der Waals surface area contributed by atoms with Crippen molar-refractivity contribution in [2.24, 2.45) is 16.6 Å². The molecule has 26 heavy (non-hydrogen) atoms. The lowest BCUT2D eigenvalue weighted by Crippen LogP contribution is -2.40. The van der Waals surface area contributed by atoms with Gasteiger partial charge < -0.3 is 35.5 Å². The van der Waals surface area contributed by atoms with Crippen LogP contribution in [0.1, 0.15) is 25.2 Å². The highest BCUT2D eigenvalue weighted by Gasteiger charge is 2.57.